The zero-order valence-corrected chi connectivity index (χ0v) is 14.6. The fourth-order valence-electron chi connectivity index (χ4n) is 2.91. The second-order valence-corrected chi connectivity index (χ2v) is 6.48. The number of oxazole rings is 1. The quantitative estimate of drug-likeness (QED) is 0.591. The second-order valence-electron chi connectivity index (χ2n) is 6.04. The number of aromatic nitrogens is 1. The van der Waals surface area contributed by atoms with E-state index in [1.807, 2.05) is 37.3 Å². The molecule has 2 aromatic carbocycles. The Morgan fingerprint density at radius 1 is 1.15 bits per heavy atom. The van der Waals surface area contributed by atoms with E-state index < -0.39 is 5.76 Å². The summed E-state index contributed by atoms with van der Waals surface area (Å²) in [6.45, 7) is 1.67. The molecule has 0 unspecified atom stereocenters. The van der Waals surface area contributed by atoms with Gasteiger partial charge < -0.3 is 14.2 Å². The Kier molecular flexibility index (Phi) is 4.05. The van der Waals surface area contributed by atoms with Gasteiger partial charge in [-0.3, -0.25) is 9.36 Å². The molecule has 0 radical (unpaired) electrons. The number of nitrogens with zero attached hydrogens (tertiary/aromatic N) is 1. The monoisotopic (exact) mass is 370 g/mol. The largest absolute Gasteiger partial charge is 0.459 e. The van der Waals surface area contributed by atoms with Gasteiger partial charge in [-0.2, -0.15) is 0 Å². The summed E-state index contributed by atoms with van der Waals surface area (Å²) >= 11 is 5.90. The van der Waals surface area contributed by atoms with Gasteiger partial charge >= 0.3 is 5.76 Å². The molecule has 0 bridgehead atoms. The van der Waals surface area contributed by atoms with Crippen LogP contribution in [0.2, 0.25) is 5.02 Å². The molecule has 2 aromatic heterocycles. The van der Waals surface area contributed by atoms with Crippen LogP contribution in [-0.2, 0) is 11.3 Å². The number of hydrogen-bond acceptors (Lipinski definition) is 4. The molecule has 2 heterocycles. The van der Waals surface area contributed by atoms with Crippen molar-refractivity contribution >= 4 is 39.6 Å². The predicted octanol–water partition coefficient (Wildman–Crippen LogP) is 3.87. The van der Waals surface area contributed by atoms with Crippen LogP contribution < -0.4 is 11.1 Å². The average molecular weight is 371 g/mol. The molecule has 0 aliphatic heterocycles. The van der Waals surface area contributed by atoms with Gasteiger partial charge in [-0.15, -0.1) is 0 Å². The first-order chi connectivity index (χ1) is 12.5. The molecular formula is C19H15ClN2O4. The van der Waals surface area contributed by atoms with E-state index in [1.165, 1.54) is 4.57 Å². The predicted molar refractivity (Wildman–Crippen MR) is 98.3 cm³/mol. The summed E-state index contributed by atoms with van der Waals surface area (Å²) in [4.78, 5) is 24.4. The van der Waals surface area contributed by atoms with Crippen LogP contribution in [0.15, 0.2) is 62.2 Å². The van der Waals surface area contributed by atoms with Gasteiger partial charge in [0, 0.05) is 16.5 Å². The van der Waals surface area contributed by atoms with Gasteiger partial charge in [0.05, 0.1) is 11.6 Å². The SMILES string of the molecule is C[C@@H](NC(=O)Cn1c(=O)oc2cc(Cl)ccc21)c1cc2ccccc2o1. The first-order valence-electron chi connectivity index (χ1n) is 8.08. The summed E-state index contributed by atoms with van der Waals surface area (Å²) in [5, 5.41) is 4.27. The lowest BCUT2D eigenvalue weighted by atomic mass is 10.2. The molecule has 1 amide bonds. The number of para-hydroxylation sites is 1. The summed E-state index contributed by atoms with van der Waals surface area (Å²) in [5.41, 5.74) is 1.63. The third kappa shape index (κ3) is 2.99. The van der Waals surface area contributed by atoms with E-state index in [-0.39, 0.29) is 18.5 Å². The van der Waals surface area contributed by atoms with Gasteiger partial charge in [-0.1, -0.05) is 29.8 Å². The molecule has 4 rings (SSSR count). The van der Waals surface area contributed by atoms with Crippen LogP contribution in [-0.4, -0.2) is 10.5 Å². The molecule has 0 aliphatic carbocycles. The first-order valence-corrected chi connectivity index (χ1v) is 8.46. The number of carbonyl (C=O) groups excluding carboxylic acids is 1. The normalized spacial score (nSPS) is 12.5. The van der Waals surface area contributed by atoms with Crippen molar-refractivity contribution in [3.63, 3.8) is 0 Å². The van der Waals surface area contributed by atoms with E-state index in [0.717, 1.165) is 11.0 Å². The van der Waals surface area contributed by atoms with Crippen molar-refractivity contribution in [1.82, 2.24) is 9.88 Å². The van der Waals surface area contributed by atoms with E-state index in [9.17, 15) is 9.59 Å². The molecule has 6 nitrogen and oxygen atoms in total. The summed E-state index contributed by atoms with van der Waals surface area (Å²) in [5.74, 6) is -0.276. The molecule has 26 heavy (non-hydrogen) atoms. The Labute approximate surface area is 153 Å². The van der Waals surface area contributed by atoms with Crippen molar-refractivity contribution in [2.75, 3.05) is 0 Å². The Hall–Kier alpha value is -2.99. The number of rotatable bonds is 4. The summed E-state index contributed by atoms with van der Waals surface area (Å²) in [6.07, 6.45) is 0. The fourth-order valence-corrected chi connectivity index (χ4v) is 3.07. The minimum Gasteiger partial charge on any atom is -0.459 e. The highest BCUT2D eigenvalue weighted by atomic mass is 35.5. The Morgan fingerprint density at radius 3 is 2.77 bits per heavy atom. The van der Waals surface area contributed by atoms with Crippen LogP contribution in [0.3, 0.4) is 0 Å². The third-order valence-electron chi connectivity index (χ3n) is 4.18. The van der Waals surface area contributed by atoms with Gasteiger partial charge in [0.1, 0.15) is 17.9 Å². The van der Waals surface area contributed by atoms with E-state index in [4.69, 9.17) is 20.4 Å². The average Bonchev–Trinajstić information content (AvgIpc) is 3.16. The van der Waals surface area contributed by atoms with E-state index in [0.29, 0.717) is 21.9 Å². The summed E-state index contributed by atoms with van der Waals surface area (Å²) in [6, 6.07) is 14.0. The maximum absolute atomic E-state index is 12.4. The van der Waals surface area contributed by atoms with Crippen LogP contribution in [0.4, 0.5) is 0 Å². The maximum Gasteiger partial charge on any atom is 0.420 e. The first kappa shape index (κ1) is 16.5. The number of furan rings is 1. The lowest BCUT2D eigenvalue weighted by molar-refractivity contribution is -0.122. The Balaban J connectivity index is 1.53. The van der Waals surface area contributed by atoms with Crippen LogP contribution >= 0.6 is 11.6 Å². The molecule has 0 saturated heterocycles. The van der Waals surface area contributed by atoms with E-state index in [2.05, 4.69) is 5.32 Å². The Morgan fingerprint density at radius 2 is 1.96 bits per heavy atom. The summed E-state index contributed by atoms with van der Waals surface area (Å²) in [7, 11) is 0. The third-order valence-corrected chi connectivity index (χ3v) is 4.42. The van der Waals surface area contributed by atoms with Gasteiger partial charge in [-0.25, -0.2) is 4.79 Å². The minimum absolute atomic E-state index is 0.155. The van der Waals surface area contributed by atoms with Crippen molar-refractivity contribution < 1.29 is 13.6 Å². The molecule has 0 aliphatic rings. The van der Waals surface area contributed by atoms with Crippen molar-refractivity contribution in [2.45, 2.75) is 19.5 Å². The number of nitrogens with one attached hydrogen (secondary N) is 1. The zero-order chi connectivity index (χ0) is 18.3. The lowest BCUT2D eigenvalue weighted by Crippen LogP contribution is -2.32. The highest BCUT2D eigenvalue weighted by molar-refractivity contribution is 6.31. The van der Waals surface area contributed by atoms with Gasteiger partial charge in [0.25, 0.3) is 0 Å². The molecular weight excluding hydrogens is 356 g/mol. The number of fused-ring (bicyclic) bond motifs is 2. The maximum atomic E-state index is 12.4. The van der Waals surface area contributed by atoms with Crippen LogP contribution in [0.1, 0.15) is 18.7 Å². The smallest absolute Gasteiger partial charge is 0.420 e. The number of benzene rings is 2. The number of amides is 1. The number of halogens is 1. The summed E-state index contributed by atoms with van der Waals surface area (Å²) < 4.78 is 12.2. The van der Waals surface area contributed by atoms with Gasteiger partial charge in [0.2, 0.25) is 5.91 Å². The molecule has 1 N–H and O–H groups in total. The van der Waals surface area contributed by atoms with E-state index >= 15 is 0 Å². The van der Waals surface area contributed by atoms with Gasteiger partial charge in [0.15, 0.2) is 5.58 Å². The van der Waals surface area contributed by atoms with Crippen LogP contribution in [0.25, 0.3) is 22.1 Å². The number of carbonyl (C=O) groups is 1. The van der Waals surface area contributed by atoms with Crippen molar-refractivity contribution in [3.8, 4) is 0 Å². The molecule has 132 valence electrons. The molecule has 0 saturated carbocycles. The van der Waals surface area contributed by atoms with Crippen molar-refractivity contribution in [1.29, 1.82) is 0 Å². The Bertz CT molecular complexity index is 1140. The van der Waals surface area contributed by atoms with Crippen molar-refractivity contribution in [3.05, 3.63) is 69.9 Å². The van der Waals surface area contributed by atoms with Crippen molar-refractivity contribution in [2.24, 2.45) is 0 Å². The lowest BCUT2D eigenvalue weighted by Gasteiger charge is -2.11. The molecule has 0 fully saturated rings. The standard InChI is InChI=1S/C19H15ClN2O4/c1-11(16-8-12-4-2-3-5-15(12)25-16)21-18(23)10-22-14-7-6-13(20)9-17(14)26-19(22)24/h2-9,11H,10H2,1H3,(H,21,23)/t11-/m1/s1. The minimum atomic E-state index is -0.603. The van der Waals surface area contributed by atoms with Gasteiger partial charge in [-0.05, 0) is 31.2 Å². The van der Waals surface area contributed by atoms with Crippen LogP contribution in [0.5, 0.6) is 0 Å². The highest BCUT2D eigenvalue weighted by Gasteiger charge is 2.17. The molecule has 4 aromatic rings. The molecule has 7 heteroatoms. The number of hydrogen-bond donors (Lipinski definition) is 1. The fraction of sp³-hybridized carbons (Fsp3) is 0.158. The zero-order valence-electron chi connectivity index (χ0n) is 13.9. The molecule has 1 atom stereocenters. The second kappa shape index (κ2) is 6.38. The highest BCUT2D eigenvalue weighted by Crippen LogP contribution is 2.23. The van der Waals surface area contributed by atoms with E-state index in [1.54, 1.807) is 18.2 Å². The topological polar surface area (TPSA) is 77.4 Å². The van der Waals surface area contributed by atoms with Crippen LogP contribution in [0, 0.1) is 0 Å². The molecule has 0 spiro atoms.